The summed E-state index contributed by atoms with van der Waals surface area (Å²) in [5.74, 6) is 0.852. The van der Waals surface area contributed by atoms with Gasteiger partial charge in [-0.3, -0.25) is 0 Å². The fourth-order valence-electron chi connectivity index (χ4n) is 2.28. The van der Waals surface area contributed by atoms with Crippen molar-refractivity contribution in [1.82, 2.24) is 0 Å². The Morgan fingerprint density at radius 1 is 0.739 bits per heavy atom. The molecule has 23 heavy (non-hydrogen) atoms. The lowest BCUT2D eigenvalue weighted by molar-refractivity contribution is 0.304. The number of benzene rings is 3. The molecule has 0 saturated carbocycles. The molecule has 114 valence electrons. The minimum absolute atomic E-state index is 0.197. The molecule has 2 nitrogen and oxygen atoms in total. The van der Waals surface area contributed by atoms with Gasteiger partial charge in [-0.15, -0.1) is 0 Å². The van der Waals surface area contributed by atoms with E-state index in [9.17, 15) is 5.11 Å². The summed E-state index contributed by atoms with van der Waals surface area (Å²) in [7, 11) is 0. The lowest BCUT2D eigenvalue weighted by Gasteiger charge is -2.08. The highest BCUT2D eigenvalue weighted by molar-refractivity contribution is 5.70. The highest BCUT2D eigenvalue weighted by atomic mass is 16.5. The number of ether oxygens (including phenoxy) is 1. The molecule has 0 saturated heterocycles. The molecule has 0 heterocycles. The zero-order valence-corrected chi connectivity index (χ0v) is 12.7. The number of aromatic hydroxyl groups is 1. The quantitative estimate of drug-likeness (QED) is 0.661. The third kappa shape index (κ3) is 4.48. The van der Waals surface area contributed by atoms with Crippen LogP contribution in [0.3, 0.4) is 0 Å². The van der Waals surface area contributed by atoms with Crippen molar-refractivity contribution in [3.05, 3.63) is 95.6 Å². The van der Waals surface area contributed by atoms with Crippen molar-refractivity contribution in [2.24, 2.45) is 0 Å². The fraction of sp³-hybridized carbons (Fsp3) is 0.0476. The normalized spacial score (nSPS) is 10.8. The van der Waals surface area contributed by atoms with Crippen molar-refractivity contribution < 1.29 is 9.84 Å². The Labute approximate surface area is 136 Å². The zero-order chi connectivity index (χ0) is 15.9. The molecule has 0 spiro atoms. The van der Waals surface area contributed by atoms with Gasteiger partial charge in [-0.2, -0.15) is 0 Å². The zero-order valence-electron chi connectivity index (χ0n) is 12.7. The van der Waals surface area contributed by atoms with Gasteiger partial charge in [-0.25, -0.2) is 0 Å². The Kier molecular flexibility index (Phi) is 4.75. The third-order valence-electron chi connectivity index (χ3n) is 3.43. The number of phenols is 1. The summed E-state index contributed by atoms with van der Waals surface area (Å²) in [4.78, 5) is 0. The first-order chi connectivity index (χ1) is 11.3. The Hall–Kier alpha value is -3.00. The SMILES string of the molecule is Oc1cc(/C=C/c2ccccc2)cc(OCc2ccccc2)c1. The molecule has 0 atom stereocenters. The first-order valence-corrected chi connectivity index (χ1v) is 7.53. The molecule has 0 aromatic heterocycles. The molecule has 0 amide bonds. The van der Waals surface area contributed by atoms with Crippen LogP contribution in [0.1, 0.15) is 16.7 Å². The molecule has 0 aliphatic rings. The smallest absolute Gasteiger partial charge is 0.124 e. The molecular weight excluding hydrogens is 284 g/mol. The number of phenolic OH excluding ortho intramolecular Hbond substituents is 1. The topological polar surface area (TPSA) is 29.5 Å². The van der Waals surface area contributed by atoms with Gasteiger partial charge in [-0.1, -0.05) is 72.8 Å². The lowest BCUT2D eigenvalue weighted by Crippen LogP contribution is -1.95. The van der Waals surface area contributed by atoms with Crippen LogP contribution in [-0.4, -0.2) is 5.11 Å². The maximum absolute atomic E-state index is 9.87. The van der Waals surface area contributed by atoms with Gasteiger partial charge in [0.25, 0.3) is 0 Å². The van der Waals surface area contributed by atoms with Gasteiger partial charge in [0.15, 0.2) is 0 Å². The highest BCUT2D eigenvalue weighted by Crippen LogP contribution is 2.24. The van der Waals surface area contributed by atoms with E-state index in [1.165, 1.54) is 0 Å². The molecule has 0 radical (unpaired) electrons. The molecule has 0 aliphatic carbocycles. The second-order valence-corrected chi connectivity index (χ2v) is 5.28. The van der Waals surface area contributed by atoms with E-state index in [4.69, 9.17) is 4.74 Å². The van der Waals surface area contributed by atoms with Crippen molar-refractivity contribution in [3.8, 4) is 11.5 Å². The first kappa shape index (κ1) is 14.9. The van der Waals surface area contributed by atoms with Gasteiger partial charge in [-0.05, 0) is 28.8 Å². The Balaban J connectivity index is 1.72. The van der Waals surface area contributed by atoms with Gasteiger partial charge < -0.3 is 9.84 Å². The molecule has 0 bridgehead atoms. The van der Waals surface area contributed by atoms with Crippen LogP contribution in [0.15, 0.2) is 78.9 Å². The molecule has 3 rings (SSSR count). The Bertz CT molecular complexity index is 777. The predicted molar refractivity (Wildman–Crippen MR) is 94.3 cm³/mol. The lowest BCUT2D eigenvalue weighted by atomic mass is 10.1. The summed E-state index contributed by atoms with van der Waals surface area (Å²) in [5.41, 5.74) is 3.11. The van der Waals surface area contributed by atoms with Crippen molar-refractivity contribution in [2.75, 3.05) is 0 Å². The van der Waals surface area contributed by atoms with Crippen LogP contribution < -0.4 is 4.74 Å². The monoisotopic (exact) mass is 302 g/mol. The molecule has 0 aliphatic heterocycles. The van der Waals surface area contributed by atoms with E-state index in [1.54, 1.807) is 12.1 Å². The van der Waals surface area contributed by atoms with Crippen LogP contribution in [0.5, 0.6) is 11.5 Å². The second-order valence-electron chi connectivity index (χ2n) is 5.28. The molecule has 0 fully saturated rings. The molecule has 3 aromatic carbocycles. The van der Waals surface area contributed by atoms with E-state index in [-0.39, 0.29) is 5.75 Å². The minimum atomic E-state index is 0.197. The van der Waals surface area contributed by atoms with E-state index in [1.807, 2.05) is 78.9 Å². The van der Waals surface area contributed by atoms with E-state index >= 15 is 0 Å². The molecule has 1 N–H and O–H groups in total. The Morgan fingerprint density at radius 3 is 2.13 bits per heavy atom. The molecule has 3 aromatic rings. The number of hydrogen-bond donors (Lipinski definition) is 1. The van der Waals surface area contributed by atoms with Gasteiger partial charge in [0.1, 0.15) is 18.1 Å². The fourth-order valence-corrected chi connectivity index (χ4v) is 2.28. The highest BCUT2D eigenvalue weighted by Gasteiger charge is 2.00. The first-order valence-electron chi connectivity index (χ1n) is 7.53. The summed E-state index contributed by atoms with van der Waals surface area (Å²) in [6.45, 7) is 0.478. The summed E-state index contributed by atoms with van der Waals surface area (Å²) >= 11 is 0. The van der Waals surface area contributed by atoms with Crippen LogP contribution in [0, 0.1) is 0 Å². The van der Waals surface area contributed by atoms with E-state index in [0.717, 1.165) is 16.7 Å². The summed E-state index contributed by atoms with van der Waals surface area (Å²) in [5, 5.41) is 9.87. The summed E-state index contributed by atoms with van der Waals surface area (Å²) in [6, 6.07) is 25.3. The van der Waals surface area contributed by atoms with Crippen molar-refractivity contribution >= 4 is 12.2 Å². The van der Waals surface area contributed by atoms with Gasteiger partial charge >= 0.3 is 0 Å². The maximum Gasteiger partial charge on any atom is 0.124 e. The second kappa shape index (κ2) is 7.32. The maximum atomic E-state index is 9.87. The van der Waals surface area contributed by atoms with Gasteiger partial charge in [0.05, 0.1) is 0 Å². The summed E-state index contributed by atoms with van der Waals surface area (Å²) < 4.78 is 5.77. The predicted octanol–water partition coefficient (Wildman–Crippen LogP) is 5.14. The largest absolute Gasteiger partial charge is 0.508 e. The number of rotatable bonds is 5. The van der Waals surface area contributed by atoms with E-state index < -0.39 is 0 Å². The van der Waals surface area contributed by atoms with Crippen LogP contribution >= 0.6 is 0 Å². The Morgan fingerprint density at radius 2 is 1.39 bits per heavy atom. The average Bonchev–Trinajstić information content (AvgIpc) is 2.60. The van der Waals surface area contributed by atoms with Crippen LogP contribution in [0.4, 0.5) is 0 Å². The summed E-state index contributed by atoms with van der Waals surface area (Å²) in [6.07, 6.45) is 3.97. The molecule has 2 heteroatoms. The van der Waals surface area contributed by atoms with Crippen LogP contribution in [-0.2, 0) is 6.61 Å². The standard InChI is InChI=1S/C21H18O2/c22-20-13-19(12-11-17-7-3-1-4-8-17)14-21(15-20)23-16-18-9-5-2-6-10-18/h1-15,22H,16H2/b12-11+. The van der Waals surface area contributed by atoms with Crippen LogP contribution in [0.25, 0.3) is 12.2 Å². The average molecular weight is 302 g/mol. The van der Waals surface area contributed by atoms with E-state index in [0.29, 0.717) is 12.4 Å². The van der Waals surface area contributed by atoms with Crippen LogP contribution in [0.2, 0.25) is 0 Å². The molecule has 0 unspecified atom stereocenters. The number of hydrogen-bond acceptors (Lipinski definition) is 2. The third-order valence-corrected chi connectivity index (χ3v) is 3.43. The van der Waals surface area contributed by atoms with Gasteiger partial charge in [0, 0.05) is 6.07 Å². The molecular formula is C21H18O2. The van der Waals surface area contributed by atoms with Gasteiger partial charge in [0.2, 0.25) is 0 Å². The minimum Gasteiger partial charge on any atom is -0.508 e. The van der Waals surface area contributed by atoms with E-state index in [2.05, 4.69) is 0 Å². The van der Waals surface area contributed by atoms with Crippen molar-refractivity contribution in [3.63, 3.8) is 0 Å². The van der Waals surface area contributed by atoms with Crippen molar-refractivity contribution in [1.29, 1.82) is 0 Å². The van der Waals surface area contributed by atoms with Crippen molar-refractivity contribution in [2.45, 2.75) is 6.61 Å².